The largest absolute Gasteiger partial charge is 0.464 e. The molecule has 0 saturated carbocycles. The second-order valence-corrected chi connectivity index (χ2v) is 6.12. The molecule has 130 valence electrons. The highest BCUT2D eigenvalue weighted by molar-refractivity contribution is 5.96. The number of fused-ring (bicyclic) bond motifs is 1. The molecule has 1 aliphatic rings. The number of carbonyl (C=O) groups is 1. The zero-order valence-electron chi connectivity index (χ0n) is 14.3. The Kier molecular flexibility index (Phi) is 3.80. The number of amides is 1. The normalized spacial score (nSPS) is 16.5. The smallest absolute Gasteiger partial charge is 0.243 e. The molecular formula is C20H16N2O4. The molecule has 0 fully saturated rings. The maximum Gasteiger partial charge on any atom is 0.243 e. The van der Waals surface area contributed by atoms with Gasteiger partial charge >= 0.3 is 0 Å². The van der Waals surface area contributed by atoms with Crippen molar-refractivity contribution in [1.82, 2.24) is 5.01 Å². The van der Waals surface area contributed by atoms with Crippen LogP contribution < -0.4 is 5.43 Å². The van der Waals surface area contributed by atoms with Crippen molar-refractivity contribution in [1.29, 1.82) is 0 Å². The van der Waals surface area contributed by atoms with Crippen molar-refractivity contribution in [3.8, 4) is 0 Å². The monoisotopic (exact) mass is 348 g/mol. The number of benzene rings is 2. The van der Waals surface area contributed by atoms with Crippen LogP contribution in [0.5, 0.6) is 0 Å². The van der Waals surface area contributed by atoms with Crippen molar-refractivity contribution in [2.24, 2.45) is 5.10 Å². The molecule has 0 radical (unpaired) electrons. The number of hydrazone groups is 1. The lowest BCUT2D eigenvalue weighted by Crippen LogP contribution is -2.29. The zero-order valence-corrected chi connectivity index (χ0v) is 14.3. The molecule has 1 aliphatic heterocycles. The molecule has 2 heterocycles. The average molecular weight is 348 g/mol. The fraction of sp³-hybridized carbons (Fsp3) is 0.150. The van der Waals surface area contributed by atoms with Crippen molar-refractivity contribution >= 4 is 22.8 Å². The minimum Gasteiger partial charge on any atom is -0.464 e. The highest BCUT2D eigenvalue weighted by Crippen LogP contribution is 2.29. The standard InChI is InChI=1S/C20H16N2O4/c1-12-8-9-17-15(10-12)18(24)16(11-25-17)20-22(13(2)23)21-19(26-20)14-6-4-3-5-7-14/h3-11,20H,1-2H3. The van der Waals surface area contributed by atoms with Gasteiger partial charge in [0.15, 0.2) is 0 Å². The fourth-order valence-electron chi connectivity index (χ4n) is 2.90. The summed E-state index contributed by atoms with van der Waals surface area (Å²) in [6.07, 6.45) is 0.383. The molecule has 0 N–H and O–H groups in total. The van der Waals surface area contributed by atoms with E-state index in [0.29, 0.717) is 11.0 Å². The lowest BCUT2D eigenvalue weighted by Gasteiger charge is -2.18. The van der Waals surface area contributed by atoms with Gasteiger partial charge in [0.2, 0.25) is 23.5 Å². The van der Waals surface area contributed by atoms with Gasteiger partial charge in [0.1, 0.15) is 11.8 Å². The Labute approximate surface area is 149 Å². The van der Waals surface area contributed by atoms with Gasteiger partial charge in [-0.25, -0.2) is 0 Å². The molecule has 0 spiro atoms. The minimum atomic E-state index is -0.955. The van der Waals surface area contributed by atoms with Crippen LogP contribution in [-0.4, -0.2) is 16.8 Å². The molecule has 6 nitrogen and oxygen atoms in total. The Morgan fingerprint density at radius 3 is 2.65 bits per heavy atom. The molecule has 0 aliphatic carbocycles. The van der Waals surface area contributed by atoms with Crippen molar-refractivity contribution in [3.63, 3.8) is 0 Å². The molecule has 0 bridgehead atoms. The number of ether oxygens (including phenoxy) is 1. The number of hydrogen-bond acceptors (Lipinski definition) is 5. The van der Waals surface area contributed by atoms with Gasteiger partial charge in [-0.3, -0.25) is 9.59 Å². The molecular weight excluding hydrogens is 332 g/mol. The van der Waals surface area contributed by atoms with Crippen LogP contribution in [0.1, 0.15) is 29.8 Å². The molecule has 1 atom stereocenters. The third kappa shape index (κ3) is 2.65. The summed E-state index contributed by atoms with van der Waals surface area (Å²) in [6.45, 7) is 3.27. The number of hydrogen-bond donors (Lipinski definition) is 0. The predicted octanol–water partition coefficient (Wildman–Crippen LogP) is 3.34. The fourth-order valence-corrected chi connectivity index (χ4v) is 2.90. The van der Waals surface area contributed by atoms with Crippen LogP contribution in [0, 0.1) is 6.92 Å². The summed E-state index contributed by atoms with van der Waals surface area (Å²) in [7, 11) is 0. The van der Waals surface area contributed by atoms with Gasteiger partial charge < -0.3 is 9.15 Å². The van der Waals surface area contributed by atoms with Gasteiger partial charge in [-0.15, -0.1) is 5.10 Å². The summed E-state index contributed by atoms with van der Waals surface area (Å²) in [5, 5.41) is 5.86. The maximum absolute atomic E-state index is 13.0. The lowest BCUT2D eigenvalue weighted by atomic mass is 10.1. The summed E-state index contributed by atoms with van der Waals surface area (Å²) in [5.41, 5.74) is 2.14. The van der Waals surface area contributed by atoms with Crippen LogP contribution in [0.15, 0.2) is 69.1 Å². The minimum absolute atomic E-state index is 0.230. The summed E-state index contributed by atoms with van der Waals surface area (Å²) in [5.74, 6) is -0.0424. The second-order valence-electron chi connectivity index (χ2n) is 6.12. The summed E-state index contributed by atoms with van der Waals surface area (Å²) < 4.78 is 11.5. The third-order valence-electron chi connectivity index (χ3n) is 4.21. The van der Waals surface area contributed by atoms with Gasteiger partial charge in [0.25, 0.3) is 0 Å². The van der Waals surface area contributed by atoms with E-state index in [9.17, 15) is 9.59 Å². The van der Waals surface area contributed by atoms with Crippen molar-refractivity contribution < 1.29 is 13.9 Å². The number of carbonyl (C=O) groups excluding carboxylic acids is 1. The Morgan fingerprint density at radius 1 is 1.15 bits per heavy atom. The van der Waals surface area contributed by atoms with Crippen LogP contribution in [0.3, 0.4) is 0 Å². The molecule has 0 saturated heterocycles. The van der Waals surface area contributed by atoms with Gasteiger partial charge in [-0.05, 0) is 31.2 Å². The van der Waals surface area contributed by atoms with E-state index in [1.54, 1.807) is 12.1 Å². The molecule has 3 aromatic rings. The van der Waals surface area contributed by atoms with E-state index in [1.807, 2.05) is 43.3 Å². The van der Waals surface area contributed by atoms with Crippen LogP contribution in [0.2, 0.25) is 0 Å². The van der Waals surface area contributed by atoms with E-state index in [-0.39, 0.29) is 22.8 Å². The van der Waals surface area contributed by atoms with E-state index >= 15 is 0 Å². The van der Waals surface area contributed by atoms with Gasteiger partial charge in [0, 0.05) is 12.5 Å². The SMILES string of the molecule is CC(=O)N1N=C(c2ccccc2)OC1c1coc2ccc(C)cc2c1=O. The van der Waals surface area contributed by atoms with E-state index in [2.05, 4.69) is 5.10 Å². The Bertz CT molecular complexity index is 1090. The summed E-state index contributed by atoms with van der Waals surface area (Å²) in [6, 6.07) is 14.6. The number of rotatable bonds is 2. The molecule has 1 aromatic heterocycles. The summed E-state index contributed by atoms with van der Waals surface area (Å²) in [4.78, 5) is 25.0. The van der Waals surface area contributed by atoms with Crippen molar-refractivity contribution in [2.75, 3.05) is 0 Å². The molecule has 6 heteroatoms. The van der Waals surface area contributed by atoms with Gasteiger partial charge in [-0.1, -0.05) is 29.8 Å². The maximum atomic E-state index is 13.0. The predicted molar refractivity (Wildman–Crippen MR) is 96.5 cm³/mol. The van der Waals surface area contributed by atoms with E-state index in [0.717, 1.165) is 16.1 Å². The van der Waals surface area contributed by atoms with E-state index < -0.39 is 6.23 Å². The Hall–Kier alpha value is -3.41. The quantitative estimate of drug-likeness (QED) is 0.712. The number of nitrogens with zero attached hydrogens (tertiary/aromatic N) is 2. The first kappa shape index (κ1) is 16.1. The topological polar surface area (TPSA) is 72.1 Å². The third-order valence-corrected chi connectivity index (χ3v) is 4.21. The first-order valence-electron chi connectivity index (χ1n) is 8.17. The molecule has 26 heavy (non-hydrogen) atoms. The zero-order chi connectivity index (χ0) is 18.3. The van der Waals surface area contributed by atoms with Gasteiger partial charge in [0.05, 0.1) is 10.9 Å². The average Bonchev–Trinajstić information content (AvgIpc) is 3.09. The van der Waals surface area contributed by atoms with E-state index in [4.69, 9.17) is 9.15 Å². The van der Waals surface area contributed by atoms with Crippen LogP contribution in [0.25, 0.3) is 11.0 Å². The Morgan fingerprint density at radius 2 is 1.92 bits per heavy atom. The second kappa shape index (κ2) is 6.15. The summed E-state index contributed by atoms with van der Waals surface area (Å²) >= 11 is 0. The van der Waals surface area contributed by atoms with Crippen molar-refractivity contribution in [3.05, 3.63) is 81.7 Å². The first-order valence-corrected chi connectivity index (χ1v) is 8.17. The molecule has 1 amide bonds. The van der Waals surface area contributed by atoms with Crippen LogP contribution in [-0.2, 0) is 9.53 Å². The Balaban J connectivity index is 1.80. The lowest BCUT2D eigenvalue weighted by molar-refractivity contribution is -0.135. The highest BCUT2D eigenvalue weighted by Gasteiger charge is 2.35. The van der Waals surface area contributed by atoms with Crippen LogP contribution >= 0.6 is 0 Å². The molecule has 2 aromatic carbocycles. The van der Waals surface area contributed by atoms with E-state index in [1.165, 1.54) is 13.2 Å². The first-order chi connectivity index (χ1) is 12.5. The van der Waals surface area contributed by atoms with Crippen LogP contribution in [0.4, 0.5) is 0 Å². The molecule has 4 rings (SSSR count). The van der Waals surface area contributed by atoms with Crippen molar-refractivity contribution in [2.45, 2.75) is 20.1 Å². The van der Waals surface area contributed by atoms with Gasteiger partial charge in [-0.2, -0.15) is 5.01 Å². The molecule has 1 unspecified atom stereocenters. The number of aryl methyl sites for hydroxylation is 1. The highest BCUT2D eigenvalue weighted by atomic mass is 16.5.